The Balaban J connectivity index is 1.62. The first-order chi connectivity index (χ1) is 16.7. The van der Waals surface area contributed by atoms with Crippen molar-refractivity contribution in [3.05, 3.63) is 78.0 Å². The Labute approximate surface area is 206 Å². The van der Waals surface area contributed by atoms with Gasteiger partial charge in [-0.1, -0.05) is 32.0 Å². The highest BCUT2D eigenvalue weighted by molar-refractivity contribution is 7.89. The molecule has 0 saturated heterocycles. The van der Waals surface area contributed by atoms with Crippen molar-refractivity contribution >= 4 is 21.1 Å². The van der Waals surface area contributed by atoms with Gasteiger partial charge in [-0.25, -0.2) is 18.4 Å². The monoisotopic (exact) mass is 493 g/mol. The van der Waals surface area contributed by atoms with Gasteiger partial charge in [0.05, 0.1) is 29.8 Å². The van der Waals surface area contributed by atoms with Crippen LogP contribution in [0.1, 0.15) is 43.3 Å². The molecule has 0 aliphatic carbocycles. The van der Waals surface area contributed by atoms with E-state index in [0.29, 0.717) is 18.8 Å². The van der Waals surface area contributed by atoms with Gasteiger partial charge in [-0.15, -0.1) is 0 Å². The number of rotatable bonds is 9. The molecule has 4 rings (SSSR count). The summed E-state index contributed by atoms with van der Waals surface area (Å²) in [5, 5.41) is 0. The molecule has 0 N–H and O–H groups in total. The summed E-state index contributed by atoms with van der Waals surface area (Å²) in [6.07, 6.45) is 5.77. The molecular weight excluding hydrogens is 462 g/mol. The quantitative estimate of drug-likeness (QED) is 0.339. The minimum absolute atomic E-state index is 0.247. The molecule has 1 aromatic carbocycles. The van der Waals surface area contributed by atoms with Crippen LogP contribution >= 0.6 is 0 Å². The third-order valence-corrected chi connectivity index (χ3v) is 8.05. The molecule has 0 aliphatic rings. The summed E-state index contributed by atoms with van der Waals surface area (Å²) in [6, 6.07) is 12.3. The van der Waals surface area contributed by atoms with Gasteiger partial charge in [0.15, 0.2) is 0 Å². The Hall–Kier alpha value is -3.30. The molecule has 0 bridgehead atoms. The lowest BCUT2D eigenvalue weighted by atomic mass is 9.98. The topological polar surface area (TPSA) is 90.2 Å². The molecule has 0 fully saturated rings. The first-order valence-electron chi connectivity index (χ1n) is 11.5. The van der Waals surface area contributed by atoms with E-state index in [9.17, 15) is 8.42 Å². The van der Waals surface area contributed by atoms with Crippen LogP contribution in [-0.2, 0) is 16.6 Å². The fourth-order valence-electron chi connectivity index (χ4n) is 4.33. The minimum atomic E-state index is -3.76. The second kappa shape index (κ2) is 10.1. The lowest BCUT2D eigenvalue weighted by Crippen LogP contribution is -2.32. The molecule has 1 unspecified atom stereocenters. The van der Waals surface area contributed by atoms with E-state index < -0.39 is 16.1 Å². The summed E-state index contributed by atoms with van der Waals surface area (Å²) < 4.78 is 36.2. The van der Waals surface area contributed by atoms with Gasteiger partial charge >= 0.3 is 0 Å². The van der Waals surface area contributed by atoms with Crippen LogP contribution in [0, 0.1) is 12.8 Å². The standard InChI is InChI=1S/C26H31N5O3S/c1-18(2)15-25(22-7-6-13-28-26(22)34-5)30(4)35(32,33)21-10-8-20(9-11-21)17-31-19(3)29-23-16-27-14-12-24(23)31/h6-14,16,18,25H,15,17H2,1-5H3. The van der Waals surface area contributed by atoms with E-state index in [2.05, 4.69) is 33.4 Å². The molecule has 8 nitrogen and oxygen atoms in total. The Morgan fingerprint density at radius 2 is 1.83 bits per heavy atom. The number of imidazole rings is 1. The normalized spacial score (nSPS) is 13.0. The molecule has 0 spiro atoms. The average molecular weight is 494 g/mol. The molecular formula is C26H31N5O3S. The number of hydrogen-bond donors (Lipinski definition) is 0. The highest BCUT2D eigenvalue weighted by Crippen LogP contribution is 2.35. The van der Waals surface area contributed by atoms with Crippen molar-refractivity contribution < 1.29 is 13.2 Å². The summed E-state index contributed by atoms with van der Waals surface area (Å²) in [4.78, 5) is 13.2. The molecule has 0 aliphatic heterocycles. The molecule has 184 valence electrons. The van der Waals surface area contributed by atoms with Crippen LogP contribution in [0.4, 0.5) is 0 Å². The maximum atomic E-state index is 13.6. The summed E-state index contributed by atoms with van der Waals surface area (Å²) in [5.41, 5.74) is 3.57. The van der Waals surface area contributed by atoms with Gasteiger partial charge in [-0.3, -0.25) is 4.98 Å². The van der Waals surface area contributed by atoms with Gasteiger partial charge in [0.1, 0.15) is 11.3 Å². The number of methoxy groups -OCH3 is 1. The molecule has 0 saturated carbocycles. The van der Waals surface area contributed by atoms with Gasteiger partial charge in [-0.05, 0) is 49.1 Å². The third kappa shape index (κ3) is 5.06. The fraction of sp³-hybridized carbons (Fsp3) is 0.346. The fourth-order valence-corrected chi connectivity index (χ4v) is 5.68. The number of nitrogens with zero attached hydrogens (tertiary/aromatic N) is 5. The molecule has 4 aromatic rings. The van der Waals surface area contributed by atoms with Crippen molar-refractivity contribution in [2.75, 3.05) is 14.2 Å². The van der Waals surface area contributed by atoms with Gasteiger partial charge in [0.25, 0.3) is 0 Å². The van der Waals surface area contributed by atoms with Gasteiger partial charge in [-0.2, -0.15) is 4.31 Å². The number of sulfonamides is 1. The zero-order valence-electron chi connectivity index (χ0n) is 20.7. The summed E-state index contributed by atoms with van der Waals surface area (Å²) >= 11 is 0. The van der Waals surface area contributed by atoms with Crippen molar-refractivity contribution in [3.8, 4) is 5.88 Å². The lowest BCUT2D eigenvalue weighted by Gasteiger charge is -2.30. The summed E-state index contributed by atoms with van der Waals surface area (Å²) in [7, 11) is -0.584. The van der Waals surface area contributed by atoms with Crippen molar-refractivity contribution in [2.45, 2.75) is 44.7 Å². The second-order valence-electron chi connectivity index (χ2n) is 9.02. The van der Waals surface area contributed by atoms with E-state index in [1.54, 1.807) is 50.9 Å². The van der Waals surface area contributed by atoms with Crippen molar-refractivity contribution in [1.82, 2.24) is 23.8 Å². The Morgan fingerprint density at radius 1 is 1.09 bits per heavy atom. The van der Waals surface area contributed by atoms with Gasteiger partial charge in [0, 0.05) is 31.5 Å². The van der Waals surface area contributed by atoms with E-state index in [1.165, 1.54) is 4.31 Å². The summed E-state index contributed by atoms with van der Waals surface area (Å²) in [6.45, 7) is 6.69. The number of pyridine rings is 2. The number of hydrogen-bond acceptors (Lipinski definition) is 6. The third-order valence-electron chi connectivity index (χ3n) is 6.17. The minimum Gasteiger partial charge on any atom is -0.481 e. The van der Waals surface area contributed by atoms with Crippen LogP contribution in [0.25, 0.3) is 11.0 Å². The van der Waals surface area contributed by atoms with Crippen molar-refractivity contribution in [1.29, 1.82) is 0 Å². The van der Waals surface area contributed by atoms with Crippen LogP contribution in [0.2, 0.25) is 0 Å². The Bertz CT molecular complexity index is 1410. The second-order valence-corrected chi connectivity index (χ2v) is 11.0. The zero-order valence-corrected chi connectivity index (χ0v) is 21.5. The highest BCUT2D eigenvalue weighted by Gasteiger charge is 2.31. The van der Waals surface area contributed by atoms with E-state index >= 15 is 0 Å². The van der Waals surface area contributed by atoms with Crippen LogP contribution in [-0.4, -0.2) is 46.4 Å². The molecule has 0 radical (unpaired) electrons. The number of aromatic nitrogens is 4. The largest absolute Gasteiger partial charge is 0.481 e. The van der Waals surface area contributed by atoms with E-state index in [-0.39, 0.29) is 10.8 Å². The predicted molar refractivity (Wildman–Crippen MR) is 136 cm³/mol. The maximum absolute atomic E-state index is 13.6. The van der Waals surface area contributed by atoms with Gasteiger partial charge in [0.2, 0.25) is 15.9 Å². The number of benzene rings is 1. The van der Waals surface area contributed by atoms with Crippen molar-refractivity contribution in [2.24, 2.45) is 5.92 Å². The molecule has 9 heteroatoms. The van der Waals surface area contributed by atoms with Crippen molar-refractivity contribution in [3.63, 3.8) is 0 Å². The number of fused-ring (bicyclic) bond motifs is 1. The van der Waals surface area contributed by atoms with Crippen LogP contribution in [0.5, 0.6) is 5.88 Å². The molecule has 35 heavy (non-hydrogen) atoms. The van der Waals surface area contributed by atoms with Crippen LogP contribution in [0.15, 0.2) is 66.0 Å². The zero-order chi connectivity index (χ0) is 25.2. The molecule has 3 aromatic heterocycles. The number of ether oxygens (including phenoxy) is 1. The van der Waals surface area contributed by atoms with E-state index in [4.69, 9.17) is 4.74 Å². The first kappa shape index (κ1) is 24.8. The maximum Gasteiger partial charge on any atom is 0.243 e. The average Bonchev–Trinajstić information content (AvgIpc) is 3.17. The molecule has 0 amide bonds. The first-order valence-corrected chi connectivity index (χ1v) is 13.0. The Morgan fingerprint density at radius 3 is 2.51 bits per heavy atom. The lowest BCUT2D eigenvalue weighted by molar-refractivity contribution is 0.307. The molecule has 1 atom stereocenters. The van der Waals surface area contributed by atoms with E-state index in [0.717, 1.165) is 28.0 Å². The highest BCUT2D eigenvalue weighted by atomic mass is 32.2. The summed E-state index contributed by atoms with van der Waals surface area (Å²) in [5.74, 6) is 1.59. The van der Waals surface area contributed by atoms with Gasteiger partial charge < -0.3 is 9.30 Å². The smallest absolute Gasteiger partial charge is 0.243 e. The SMILES string of the molecule is COc1ncccc1C(CC(C)C)N(C)S(=O)(=O)c1ccc(Cn2c(C)nc3cnccc32)cc1. The molecule has 3 heterocycles. The van der Waals surface area contributed by atoms with Crippen LogP contribution < -0.4 is 4.74 Å². The predicted octanol–water partition coefficient (Wildman–Crippen LogP) is 4.60. The van der Waals surface area contributed by atoms with Crippen LogP contribution in [0.3, 0.4) is 0 Å². The van der Waals surface area contributed by atoms with E-state index in [1.807, 2.05) is 31.2 Å². The number of aryl methyl sites for hydroxylation is 1. The Kier molecular flexibility index (Phi) is 7.18.